The zero-order valence-corrected chi connectivity index (χ0v) is 8.12. The van der Waals surface area contributed by atoms with Crippen LogP contribution in [0.5, 0.6) is 0 Å². The van der Waals surface area contributed by atoms with E-state index in [9.17, 15) is 14.4 Å². The predicted octanol–water partition coefficient (Wildman–Crippen LogP) is 0.734. The maximum absolute atomic E-state index is 11.2. The molecule has 0 aliphatic heterocycles. The van der Waals surface area contributed by atoms with Crippen molar-refractivity contribution in [3.05, 3.63) is 0 Å². The second-order valence-corrected chi connectivity index (χ2v) is 3.09. The van der Waals surface area contributed by atoms with E-state index in [-0.39, 0.29) is 18.6 Å². The van der Waals surface area contributed by atoms with Crippen LogP contribution in [0.2, 0.25) is 0 Å². The molecular weight excluding hydrogens is 172 g/mol. The lowest BCUT2D eigenvalue weighted by atomic mass is 9.82. The first kappa shape index (κ1) is 11.8. The zero-order valence-electron chi connectivity index (χ0n) is 8.12. The molecule has 4 nitrogen and oxygen atoms in total. The molecule has 0 bridgehead atoms. The van der Waals surface area contributed by atoms with Gasteiger partial charge in [-0.25, -0.2) is 0 Å². The predicted molar refractivity (Wildman–Crippen MR) is 46.1 cm³/mol. The summed E-state index contributed by atoms with van der Waals surface area (Å²) >= 11 is 0. The van der Waals surface area contributed by atoms with Crippen LogP contribution in [-0.4, -0.2) is 25.1 Å². The summed E-state index contributed by atoms with van der Waals surface area (Å²) < 4.78 is 4.50. The Bertz CT molecular complexity index is 222. The van der Waals surface area contributed by atoms with Gasteiger partial charge >= 0.3 is 5.97 Å². The van der Waals surface area contributed by atoms with Crippen molar-refractivity contribution in [2.75, 3.05) is 7.11 Å². The summed E-state index contributed by atoms with van der Waals surface area (Å²) in [5.74, 6) is -0.858. The summed E-state index contributed by atoms with van der Waals surface area (Å²) in [4.78, 5) is 32.5. The van der Waals surface area contributed by atoms with E-state index in [2.05, 4.69) is 4.74 Å². The van der Waals surface area contributed by atoms with Crippen molar-refractivity contribution in [1.29, 1.82) is 0 Å². The third-order valence-electron chi connectivity index (χ3n) is 2.18. The largest absolute Gasteiger partial charge is 0.468 e. The standard InChI is InChI=1S/C9H14O4/c1-7(11)9(2,5-4-6-10)8(12)13-3/h6H,4-5H2,1-3H3/t9-/m0/s1. The molecule has 0 N–H and O–H groups in total. The average molecular weight is 186 g/mol. The molecule has 0 heterocycles. The number of ketones is 1. The minimum absolute atomic E-state index is 0.186. The van der Waals surface area contributed by atoms with E-state index in [0.29, 0.717) is 6.29 Å². The highest BCUT2D eigenvalue weighted by atomic mass is 16.5. The van der Waals surface area contributed by atoms with Crippen LogP contribution < -0.4 is 0 Å². The van der Waals surface area contributed by atoms with Gasteiger partial charge in [0.1, 0.15) is 17.5 Å². The number of ether oxygens (including phenoxy) is 1. The third kappa shape index (κ3) is 2.65. The van der Waals surface area contributed by atoms with Gasteiger partial charge in [0, 0.05) is 6.42 Å². The Balaban J connectivity index is 4.61. The maximum Gasteiger partial charge on any atom is 0.319 e. The van der Waals surface area contributed by atoms with Gasteiger partial charge in [0.15, 0.2) is 0 Å². The van der Waals surface area contributed by atoms with Crippen LogP contribution in [0.25, 0.3) is 0 Å². The minimum Gasteiger partial charge on any atom is -0.468 e. The van der Waals surface area contributed by atoms with E-state index in [1.54, 1.807) is 0 Å². The number of methoxy groups -OCH3 is 1. The molecule has 0 saturated carbocycles. The Morgan fingerprint density at radius 1 is 1.46 bits per heavy atom. The summed E-state index contributed by atoms with van der Waals surface area (Å²) in [7, 11) is 1.23. The van der Waals surface area contributed by atoms with Gasteiger partial charge in [0.2, 0.25) is 0 Å². The highest BCUT2D eigenvalue weighted by Gasteiger charge is 2.38. The van der Waals surface area contributed by atoms with Crippen LogP contribution in [0, 0.1) is 5.41 Å². The molecule has 1 atom stereocenters. The second kappa shape index (κ2) is 4.74. The van der Waals surface area contributed by atoms with Crippen molar-refractivity contribution < 1.29 is 19.1 Å². The zero-order chi connectivity index (χ0) is 10.5. The van der Waals surface area contributed by atoms with Crippen LogP contribution >= 0.6 is 0 Å². The molecule has 0 saturated heterocycles. The molecule has 74 valence electrons. The molecule has 0 fully saturated rings. The number of hydrogen-bond acceptors (Lipinski definition) is 4. The first-order valence-corrected chi connectivity index (χ1v) is 4.02. The van der Waals surface area contributed by atoms with E-state index >= 15 is 0 Å². The van der Waals surface area contributed by atoms with Crippen molar-refractivity contribution in [3.8, 4) is 0 Å². The van der Waals surface area contributed by atoms with Crippen LogP contribution in [-0.2, 0) is 19.1 Å². The number of hydrogen-bond donors (Lipinski definition) is 0. The Labute approximate surface area is 77.3 Å². The summed E-state index contributed by atoms with van der Waals surface area (Å²) in [5.41, 5.74) is -1.17. The summed E-state index contributed by atoms with van der Waals surface area (Å²) in [6.07, 6.45) is 1.08. The van der Waals surface area contributed by atoms with E-state index in [4.69, 9.17) is 0 Å². The molecule has 13 heavy (non-hydrogen) atoms. The number of carbonyl (C=O) groups is 3. The molecule has 0 radical (unpaired) electrons. The molecule has 4 heteroatoms. The molecule has 0 aromatic carbocycles. The summed E-state index contributed by atoms with van der Waals surface area (Å²) in [6.45, 7) is 2.81. The third-order valence-corrected chi connectivity index (χ3v) is 2.18. The minimum atomic E-state index is -1.17. The molecule has 0 aliphatic carbocycles. The van der Waals surface area contributed by atoms with Crippen molar-refractivity contribution in [1.82, 2.24) is 0 Å². The summed E-state index contributed by atoms with van der Waals surface area (Å²) in [6, 6.07) is 0. The molecular formula is C9H14O4. The monoisotopic (exact) mass is 186 g/mol. The van der Waals surface area contributed by atoms with Gasteiger partial charge in [-0.05, 0) is 20.3 Å². The lowest BCUT2D eigenvalue weighted by molar-refractivity contribution is -0.156. The number of aldehydes is 1. The van der Waals surface area contributed by atoms with Crippen LogP contribution in [0.1, 0.15) is 26.7 Å². The van der Waals surface area contributed by atoms with Crippen LogP contribution in [0.3, 0.4) is 0 Å². The van der Waals surface area contributed by atoms with Crippen molar-refractivity contribution in [3.63, 3.8) is 0 Å². The van der Waals surface area contributed by atoms with E-state index in [0.717, 1.165) is 0 Å². The topological polar surface area (TPSA) is 60.4 Å². The highest BCUT2D eigenvalue weighted by molar-refractivity contribution is 6.02. The Hall–Kier alpha value is -1.19. The fourth-order valence-corrected chi connectivity index (χ4v) is 0.995. The normalized spacial score (nSPS) is 14.4. The van der Waals surface area contributed by atoms with Gasteiger partial charge in [0.05, 0.1) is 7.11 Å². The fourth-order valence-electron chi connectivity index (χ4n) is 0.995. The number of carbonyl (C=O) groups excluding carboxylic acids is 3. The SMILES string of the molecule is COC(=O)[C@@](C)(CCC=O)C(C)=O. The lowest BCUT2D eigenvalue weighted by Crippen LogP contribution is -2.36. The number of Topliss-reactive ketones (excluding diaryl/α,β-unsaturated/α-hetero) is 1. The molecule has 0 amide bonds. The number of rotatable bonds is 5. The highest BCUT2D eigenvalue weighted by Crippen LogP contribution is 2.25. The van der Waals surface area contributed by atoms with E-state index in [1.807, 2.05) is 0 Å². The van der Waals surface area contributed by atoms with Crippen LogP contribution in [0.15, 0.2) is 0 Å². The van der Waals surface area contributed by atoms with Crippen molar-refractivity contribution >= 4 is 18.0 Å². The average Bonchev–Trinajstić information content (AvgIpc) is 2.12. The molecule has 0 rings (SSSR count). The maximum atomic E-state index is 11.2. The number of esters is 1. The van der Waals surface area contributed by atoms with Crippen molar-refractivity contribution in [2.45, 2.75) is 26.7 Å². The molecule has 0 aliphatic rings. The Morgan fingerprint density at radius 2 is 2.00 bits per heavy atom. The van der Waals surface area contributed by atoms with Gasteiger partial charge in [-0.2, -0.15) is 0 Å². The van der Waals surface area contributed by atoms with Gasteiger partial charge in [-0.3, -0.25) is 9.59 Å². The smallest absolute Gasteiger partial charge is 0.319 e. The van der Waals surface area contributed by atoms with Crippen molar-refractivity contribution in [2.24, 2.45) is 5.41 Å². The fraction of sp³-hybridized carbons (Fsp3) is 0.667. The molecule has 0 spiro atoms. The van der Waals surface area contributed by atoms with Gasteiger partial charge < -0.3 is 9.53 Å². The quantitative estimate of drug-likeness (QED) is 0.361. The summed E-state index contributed by atoms with van der Waals surface area (Å²) in [5, 5.41) is 0. The molecule has 0 aromatic heterocycles. The van der Waals surface area contributed by atoms with Gasteiger partial charge in [0.25, 0.3) is 0 Å². The van der Waals surface area contributed by atoms with Gasteiger partial charge in [-0.1, -0.05) is 0 Å². The Morgan fingerprint density at radius 3 is 2.31 bits per heavy atom. The van der Waals surface area contributed by atoms with E-state index in [1.165, 1.54) is 21.0 Å². The van der Waals surface area contributed by atoms with Crippen LogP contribution in [0.4, 0.5) is 0 Å². The van der Waals surface area contributed by atoms with E-state index < -0.39 is 11.4 Å². The molecule has 0 unspecified atom stereocenters. The second-order valence-electron chi connectivity index (χ2n) is 3.09. The first-order valence-electron chi connectivity index (χ1n) is 4.02. The molecule has 0 aromatic rings. The van der Waals surface area contributed by atoms with Gasteiger partial charge in [-0.15, -0.1) is 0 Å². The lowest BCUT2D eigenvalue weighted by Gasteiger charge is -2.22. The Kier molecular flexibility index (Phi) is 4.31. The first-order chi connectivity index (χ1) is 5.99.